The molecular formula is C18H19N3O. The summed E-state index contributed by atoms with van der Waals surface area (Å²) in [5.74, 6) is 0.0167. The van der Waals surface area contributed by atoms with Gasteiger partial charge < -0.3 is 9.88 Å². The van der Waals surface area contributed by atoms with Gasteiger partial charge in [0.1, 0.15) is 5.69 Å². The third-order valence-electron chi connectivity index (χ3n) is 3.75. The van der Waals surface area contributed by atoms with Crippen LogP contribution in [0.2, 0.25) is 0 Å². The average Bonchev–Trinajstić information content (AvgIpc) is 2.97. The summed E-state index contributed by atoms with van der Waals surface area (Å²) in [6, 6.07) is 13.8. The monoisotopic (exact) mass is 293 g/mol. The molecule has 22 heavy (non-hydrogen) atoms. The summed E-state index contributed by atoms with van der Waals surface area (Å²) in [4.78, 5) is 21.9. The number of pyridine rings is 1. The van der Waals surface area contributed by atoms with Crippen molar-refractivity contribution in [2.24, 2.45) is 0 Å². The highest BCUT2D eigenvalue weighted by atomic mass is 16.2. The van der Waals surface area contributed by atoms with Gasteiger partial charge in [0.25, 0.3) is 5.91 Å². The molecule has 0 spiro atoms. The Morgan fingerprint density at radius 1 is 1.18 bits per heavy atom. The van der Waals surface area contributed by atoms with Crippen LogP contribution in [0.3, 0.4) is 0 Å². The van der Waals surface area contributed by atoms with Gasteiger partial charge in [-0.2, -0.15) is 0 Å². The molecule has 1 aromatic carbocycles. The molecule has 0 saturated carbocycles. The summed E-state index contributed by atoms with van der Waals surface area (Å²) in [5, 5.41) is 1.05. The number of para-hydroxylation sites is 1. The lowest BCUT2D eigenvalue weighted by atomic mass is 10.2. The van der Waals surface area contributed by atoms with Crippen molar-refractivity contribution in [1.82, 2.24) is 14.9 Å². The number of hydrogen-bond donors (Lipinski definition) is 1. The number of nitrogens with one attached hydrogen (secondary N) is 1. The second-order valence-corrected chi connectivity index (χ2v) is 5.65. The van der Waals surface area contributed by atoms with Gasteiger partial charge in [0.05, 0.1) is 0 Å². The molecule has 1 amide bonds. The lowest BCUT2D eigenvalue weighted by Gasteiger charge is -2.26. The first-order chi connectivity index (χ1) is 10.6. The van der Waals surface area contributed by atoms with Crippen molar-refractivity contribution >= 4 is 16.8 Å². The van der Waals surface area contributed by atoms with Gasteiger partial charge in [-0.3, -0.25) is 9.78 Å². The van der Waals surface area contributed by atoms with E-state index in [4.69, 9.17) is 0 Å². The number of carbonyl (C=O) groups is 1. The van der Waals surface area contributed by atoms with E-state index in [9.17, 15) is 4.79 Å². The van der Waals surface area contributed by atoms with Crippen molar-refractivity contribution in [3.05, 3.63) is 66.1 Å². The van der Waals surface area contributed by atoms with Gasteiger partial charge in [0.2, 0.25) is 0 Å². The highest BCUT2D eigenvalue weighted by molar-refractivity contribution is 5.98. The van der Waals surface area contributed by atoms with Gasteiger partial charge in [-0.1, -0.05) is 18.2 Å². The largest absolute Gasteiger partial charge is 0.351 e. The maximum absolute atomic E-state index is 12.8. The normalized spacial score (nSPS) is 11.0. The first kappa shape index (κ1) is 14.3. The van der Waals surface area contributed by atoms with Crippen molar-refractivity contribution in [2.75, 3.05) is 0 Å². The summed E-state index contributed by atoms with van der Waals surface area (Å²) in [5.41, 5.74) is 2.69. The highest BCUT2D eigenvalue weighted by Crippen LogP contribution is 2.18. The fourth-order valence-corrected chi connectivity index (χ4v) is 2.52. The quantitative estimate of drug-likeness (QED) is 0.798. The van der Waals surface area contributed by atoms with Crippen molar-refractivity contribution in [3.63, 3.8) is 0 Å². The minimum Gasteiger partial charge on any atom is -0.351 e. The topological polar surface area (TPSA) is 49.0 Å². The zero-order chi connectivity index (χ0) is 15.5. The van der Waals surface area contributed by atoms with E-state index in [-0.39, 0.29) is 11.9 Å². The summed E-state index contributed by atoms with van der Waals surface area (Å²) in [7, 11) is 0. The Labute approximate surface area is 129 Å². The Kier molecular flexibility index (Phi) is 3.92. The van der Waals surface area contributed by atoms with Crippen molar-refractivity contribution in [2.45, 2.75) is 26.4 Å². The Hall–Kier alpha value is -2.62. The molecule has 1 N–H and O–H groups in total. The zero-order valence-corrected chi connectivity index (χ0v) is 12.8. The fraction of sp³-hybridized carbons (Fsp3) is 0.222. The molecule has 0 fully saturated rings. The highest BCUT2D eigenvalue weighted by Gasteiger charge is 2.20. The molecule has 3 aromatic rings. The van der Waals surface area contributed by atoms with E-state index < -0.39 is 0 Å². The standard InChI is InChI=1S/C18H19N3O/c1-13(2)21(12-14-7-9-19-10-8-14)18(22)17-11-15-5-3-4-6-16(15)20-17/h3-11,13,20H,12H2,1-2H3. The third-order valence-corrected chi connectivity index (χ3v) is 3.75. The maximum atomic E-state index is 12.8. The van der Waals surface area contributed by atoms with Crippen LogP contribution in [0.5, 0.6) is 0 Å². The van der Waals surface area contributed by atoms with E-state index in [1.807, 2.05) is 61.2 Å². The van der Waals surface area contributed by atoms with Crippen LogP contribution in [0, 0.1) is 0 Å². The molecule has 2 heterocycles. The molecule has 0 radical (unpaired) electrons. The molecule has 0 aliphatic carbocycles. The van der Waals surface area contributed by atoms with Gasteiger partial charge >= 0.3 is 0 Å². The van der Waals surface area contributed by atoms with Crippen LogP contribution in [0.4, 0.5) is 0 Å². The maximum Gasteiger partial charge on any atom is 0.270 e. The van der Waals surface area contributed by atoms with Gasteiger partial charge in [-0.25, -0.2) is 0 Å². The SMILES string of the molecule is CC(C)N(Cc1ccncc1)C(=O)c1cc2ccccc2[nH]1. The number of nitrogens with zero attached hydrogens (tertiary/aromatic N) is 2. The molecule has 112 valence electrons. The minimum absolute atomic E-state index is 0.0167. The van der Waals surface area contributed by atoms with Crippen LogP contribution in [-0.4, -0.2) is 26.8 Å². The van der Waals surface area contributed by atoms with E-state index in [1.165, 1.54) is 0 Å². The molecule has 0 atom stereocenters. The lowest BCUT2D eigenvalue weighted by Crippen LogP contribution is -2.36. The summed E-state index contributed by atoms with van der Waals surface area (Å²) in [6.07, 6.45) is 3.50. The predicted molar refractivity (Wildman–Crippen MR) is 87.5 cm³/mol. The minimum atomic E-state index is 0.0167. The summed E-state index contributed by atoms with van der Waals surface area (Å²) >= 11 is 0. The number of fused-ring (bicyclic) bond motifs is 1. The Balaban J connectivity index is 1.89. The first-order valence-electron chi connectivity index (χ1n) is 7.43. The molecule has 0 bridgehead atoms. The average molecular weight is 293 g/mol. The number of rotatable bonds is 4. The Morgan fingerprint density at radius 3 is 2.59 bits per heavy atom. The van der Waals surface area contributed by atoms with Crippen LogP contribution >= 0.6 is 0 Å². The predicted octanol–water partition coefficient (Wildman–Crippen LogP) is 3.61. The van der Waals surface area contributed by atoms with Crippen molar-refractivity contribution < 1.29 is 4.79 Å². The fourth-order valence-electron chi connectivity index (χ4n) is 2.52. The number of aromatic amines is 1. The number of amides is 1. The van der Waals surface area contributed by atoms with Gasteiger partial charge in [-0.15, -0.1) is 0 Å². The zero-order valence-electron chi connectivity index (χ0n) is 12.8. The van der Waals surface area contributed by atoms with E-state index in [0.29, 0.717) is 12.2 Å². The summed E-state index contributed by atoms with van der Waals surface area (Å²) < 4.78 is 0. The molecule has 0 unspecified atom stereocenters. The van der Waals surface area contributed by atoms with E-state index in [1.54, 1.807) is 12.4 Å². The first-order valence-corrected chi connectivity index (χ1v) is 7.43. The number of hydrogen-bond acceptors (Lipinski definition) is 2. The van der Waals surface area contributed by atoms with E-state index >= 15 is 0 Å². The number of H-pyrrole nitrogens is 1. The van der Waals surface area contributed by atoms with E-state index in [2.05, 4.69) is 9.97 Å². The molecule has 0 aliphatic rings. The second-order valence-electron chi connectivity index (χ2n) is 5.65. The van der Waals surface area contributed by atoms with Crippen molar-refractivity contribution in [3.8, 4) is 0 Å². The molecule has 4 heteroatoms. The van der Waals surface area contributed by atoms with Gasteiger partial charge in [0, 0.05) is 35.9 Å². The van der Waals surface area contributed by atoms with Crippen LogP contribution in [-0.2, 0) is 6.54 Å². The van der Waals surface area contributed by atoms with Gasteiger partial charge in [0.15, 0.2) is 0 Å². The molecule has 0 saturated heterocycles. The Bertz CT molecular complexity index is 744. The molecule has 4 nitrogen and oxygen atoms in total. The molecule has 2 aromatic heterocycles. The number of benzene rings is 1. The third kappa shape index (κ3) is 2.86. The van der Waals surface area contributed by atoms with Crippen molar-refractivity contribution in [1.29, 1.82) is 0 Å². The second kappa shape index (κ2) is 6.02. The number of aromatic nitrogens is 2. The van der Waals surface area contributed by atoms with Crippen LogP contribution in [0.15, 0.2) is 54.9 Å². The molecule has 3 rings (SSSR count). The number of carbonyl (C=O) groups excluding carboxylic acids is 1. The lowest BCUT2D eigenvalue weighted by molar-refractivity contribution is 0.0685. The summed E-state index contributed by atoms with van der Waals surface area (Å²) in [6.45, 7) is 4.64. The van der Waals surface area contributed by atoms with Gasteiger partial charge in [-0.05, 0) is 43.7 Å². The molecular weight excluding hydrogens is 274 g/mol. The van der Waals surface area contributed by atoms with Crippen LogP contribution in [0.1, 0.15) is 29.9 Å². The van der Waals surface area contributed by atoms with Crippen LogP contribution in [0.25, 0.3) is 10.9 Å². The van der Waals surface area contributed by atoms with Crippen LogP contribution < -0.4 is 0 Å². The van der Waals surface area contributed by atoms with E-state index in [0.717, 1.165) is 16.5 Å². The Morgan fingerprint density at radius 2 is 1.91 bits per heavy atom. The smallest absolute Gasteiger partial charge is 0.270 e. The molecule has 0 aliphatic heterocycles.